The molecule has 7 nitrogen and oxygen atoms in total. The number of nitrogens with zero attached hydrogens (tertiary/aromatic N) is 1. The number of rotatable bonds is 8. The highest BCUT2D eigenvalue weighted by Gasteiger charge is 2.22. The molecular formula is C19H24N2O5. The zero-order valence-electron chi connectivity index (χ0n) is 15.4. The minimum absolute atomic E-state index is 0.0234. The van der Waals surface area contributed by atoms with E-state index in [2.05, 4.69) is 0 Å². The Morgan fingerprint density at radius 3 is 2.46 bits per heavy atom. The van der Waals surface area contributed by atoms with Gasteiger partial charge in [0, 0.05) is 11.6 Å². The van der Waals surface area contributed by atoms with Gasteiger partial charge in [0.05, 0.1) is 13.7 Å². The van der Waals surface area contributed by atoms with Gasteiger partial charge in [-0.15, -0.1) is 0 Å². The largest absolute Gasteiger partial charge is 0.493 e. The summed E-state index contributed by atoms with van der Waals surface area (Å²) in [6, 6.07) is 8.51. The van der Waals surface area contributed by atoms with Crippen molar-refractivity contribution in [1.82, 2.24) is 4.90 Å². The molecule has 26 heavy (non-hydrogen) atoms. The number of hydrogen-bond donors (Lipinski definition) is 1. The van der Waals surface area contributed by atoms with E-state index < -0.39 is 5.91 Å². The molecular weight excluding hydrogens is 336 g/mol. The Bertz CT molecular complexity index is 782. The standard InChI is InChI=1S/C19H24N2O5/c1-12(2)21(10-15-7-5-13(3)26-15)19(23)14-6-8-16(17(9-14)24-4)25-11-18(20)22/h5-9,12H,10-11H2,1-4H3,(H2,20,22). The zero-order valence-corrected chi connectivity index (χ0v) is 15.4. The van der Waals surface area contributed by atoms with E-state index in [1.807, 2.05) is 32.9 Å². The van der Waals surface area contributed by atoms with E-state index in [4.69, 9.17) is 19.6 Å². The summed E-state index contributed by atoms with van der Waals surface area (Å²) in [5, 5.41) is 0. The molecule has 0 unspecified atom stereocenters. The fraction of sp³-hybridized carbons (Fsp3) is 0.368. The number of aryl methyl sites for hydroxylation is 1. The number of carbonyl (C=O) groups is 2. The van der Waals surface area contributed by atoms with Crippen molar-refractivity contribution in [2.75, 3.05) is 13.7 Å². The smallest absolute Gasteiger partial charge is 0.255 e. The lowest BCUT2D eigenvalue weighted by molar-refractivity contribution is -0.119. The molecule has 2 rings (SSSR count). The predicted octanol–water partition coefficient (Wildman–Crippen LogP) is 2.51. The lowest BCUT2D eigenvalue weighted by Crippen LogP contribution is -2.36. The van der Waals surface area contributed by atoms with Gasteiger partial charge in [0.15, 0.2) is 18.1 Å². The molecule has 0 radical (unpaired) electrons. The number of benzene rings is 1. The minimum Gasteiger partial charge on any atom is -0.493 e. The molecule has 1 aromatic carbocycles. The van der Waals surface area contributed by atoms with E-state index in [1.165, 1.54) is 7.11 Å². The van der Waals surface area contributed by atoms with Crippen LogP contribution in [0.4, 0.5) is 0 Å². The summed E-state index contributed by atoms with van der Waals surface area (Å²) in [6.45, 7) is 5.84. The van der Waals surface area contributed by atoms with Crippen LogP contribution in [0.1, 0.15) is 35.7 Å². The number of ether oxygens (including phenoxy) is 2. The average molecular weight is 360 g/mol. The van der Waals surface area contributed by atoms with Gasteiger partial charge in [0.25, 0.3) is 11.8 Å². The summed E-state index contributed by atoms with van der Waals surface area (Å²) in [5.74, 6) is 1.47. The maximum Gasteiger partial charge on any atom is 0.255 e. The Labute approximate surface area is 152 Å². The van der Waals surface area contributed by atoms with Crippen molar-refractivity contribution >= 4 is 11.8 Å². The van der Waals surface area contributed by atoms with Gasteiger partial charge in [0.1, 0.15) is 11.5 Å². The van der Waals surface area contributed by atoms with Gasteiger partial charge in [-0.25, -0.2) is 0 Å². The summed E-state index contributed by atoms with van der Waals surface area (Å²) in [5.41, 5.74) is 5.53. The van der Waals surface area contributed by atoms with Gasteiger partial charge in [-0.1, -0.05) is 0 Å². The van der Waals surface area contributed by atoms with Crippen LogP contribution in [0.3, 0.4) is 0 Å². The van der Waals surface area contributed by atoms with E-state index in [0.717, 1.165) is 11.5 Å². The Hall–Kier alpha value is -2.96. The van der Waals surface area contributed by atoms with Crippen LogP contribution >= 0.6 is 0 Å². The van der Waals surface area contributed by atoms with Crippen LogP contribution in [0.25, 0.3) is 0 Å². The Balaban J connectivity index is 2.23. The molecule has 1 aromatic heterocycles. The van der Waals surface area contributed by atoms with Crippen molar-refractivity contribution in [1.29, 1.82) is 0 Å². The van der Waals surface area contributed by atoms with Crippen LogP contribution in [0.15, 0.2) is 34.7 Å². The number of amides is 2. The van der Waals surface area contributed by atoms with E-state index >= 15 is 0 Å². The van der Waals surface area contributed by atoms with Crippen molar-refractivity contribution in [2.24, 2.45) is 5.73 Å². The Morgan fingerprint density at radius 1 is 1.19 bits per heavy atom. The molecule has 0 bridgehead atoms. The fourth-order valence-corrected chi connectivity index (χ4v) is 2.46. The number of furan rings is 1. The lowest BCUT2D eigenvalue weighted by Gasteiger charge is -2.26. The second-order valence-electron chi connectivity index (χ2n) is 6.16. The fourth-order valence-electron chi connectivity index (χ4n) is 2.46. The van der Waals surface area contributed by atoms with Gasteiger partial charge >= 0.3 is 0 Å². The Morgan fingerprint density at radius 2 is 1.92 bits per heavy atom. The molecule has 0 aliphatic rings. The first-order valence-electron chi connectivity index (χ1n) is 8.27. The number of hydrogen-bond acceptors (Lipinski definition) is 5. The van der Waals surface area contributed by atoms with Crippen molar-refractivity contribution in [2.45, 2.75) is 33.4 Å². The third kappa shape index (κ3) is 4.78. The normalized spacial score (nSPS) is 10.7. The third-order valence-electron chi connectivity index (χ3n) is 3.79. The molecule has 7 heteroatoms. The number of methoxy groups -OCH3 is 1. The summed E-state index contributed by atoms with van der Waals surface area (Å²) >= 11 is 0. The van der Waals surface area contributed by atoms with E-state index in [9.17, 15) is 9.59 Å². The first-order chi connectivity index (χ1) is 12.3. The molecule has 2 aromatic rings. The number of carbonyl (C=O) groups excluding carboxylic acids is 2. The van der Waals surface area contributed by atoms with Crippen LogP contribution < -0.4 is 15.2 Å². The van der Waals surface area contributed by atoms with Crippen LogP contribution in [0.2, 0.25) is 0 Å². The molecule has 1 heterocycles. The lowest BCUT2D eigenvalue weighted by atomic mass is 10.1. The van der Waals surface area contributed by atoms with Crippen molar-refractivity contribution in [3.05, 3.63) is 47.4 Å². The molecule has 0 spiro atoms. The minimum atomic E-state index is -0.591. The summed E-state index contributed by atoms with van der Waals surface area (Å²) < 4.78 is 16.1. The summed E-state index contributed by atoms with van der Waals surface area (Å²) in [7, 11) is 1.46. The van der Waals surface area contributed by atoms with Crippen molar-refractivity contribution in [3.8, 4) is 11.5 Å². The molecule has 2 amide bonds. The maximum atomic E-state index is 13.0. The second-order valence-corrected chi connectivity index (χ2v) is 6.16. The number of nitrogens with two attached hydrogens (primary N) is 1. The molecule has 0 aliphatic heterocycles. The molecule has 0 saturated carbocycles. The monoisotopic (exact) mass is 360 g/mol. The highest BCUT2D eigenvalue weighted by molar-refractivity contribution is 5.95. The topological polar surface area (TPSA) is 95.0 Å². The van der Waals surface area contributed by atoms with Crippen LogP contribution in [0.5, 0.6) is 11.5 Å². The molecule has 0 aliphatic carbocycles. The highest BCUT2D eigenvalue weighted by atomic mass is 16.5. The predicted molar refractivity (Wildman–Crippen MR) is 96.1 cm³/mol. The van der Waals surface area contributed by atoms with Gasteiger partial charge in [-0.2, -0.15) is 0 Å². The van der Waals surface area contributed by atoms with Gasteiger partial charge in [-0.05, 0) is 51.1 Å². The van der Waals surface area contributed by atoms with Gasteiger partial charge in [-0.3, -0.25) is 9.59 Å². The Kier molecular flexibility index (Phi) is 6.27. The molecule has 0 saturated heterocycles. The van der Waals surface area contributed by atoms with Crippen molar-refractivity contribution < 1.29 is 23.5 Å². The van der Waals surface area contributed by atoms with E-state index in [-0.39, 0.29) is 18.6 Å². The van der Waals surface area contributed by atoms with E-state index in [0.29, 0.717) is 23.6 Å². The second kappa shape index (κ2) is 8.42. The summed E-state index contributed by atoms with van der Waals surface area (Å²) in [4.78, 5) is 25.5. The first-order valence-corrected chi connectivity index (χ1v) is 8.27. The molecule has 0 fully saturated rings. The third-order valence-corrected chi connectivity index (χ3v) is 3.79. The average Bonchev–Trinajstić information content (AvgIpc) is 3.01. The molecule has 0 atom stereocenters. The van der Waals surface area contributed by atoms with E-state index in [1.54, 1.807) is 23.1 Å². The molecule has 2 N–H and O–H groups in total. The number of primary amides is 1. The molecule has 140 valence electrons. The van der Waals surface area contributed by atoms with Crippen LogP contribution in [-0.4, -0.2) is 36.5 Å². The summed E-state index contributed by atoms with van der Waals surface area (Å²) in [6.07, 6.45) is 0. The van der Waals surface area contributed by atoms with Gasteiger partial charge < -0.3 is 24.5 Å². The maximum absolute atomic E-state index is 13.0. The quantitative estimate of drug-likeness (QED) is 0.780. The first kappa shape index (κ1) is 19.4. The van der Waals surface area contributed by atoms with Crippen LogP contribution in [-0.2, 0) is 11.3 Å². The van der Waals surface area contributed by atoms with Gasteiger partial charge in [0.2, 0.25) is 0 Å². The van der Waals surface area contributed by atoms with Crippen molar-refractivity contribution in [3.63, 3.8) is 0 Å². The van der Waals surface area contributed by atoms with Crippen LogP contribution in [0, 0.1) is 6.92 Å². The highest BCUT2D eigenvalue weighted by Crippen LogP contribution is 2.29. The zero-order chi connectivity index (χ0) is 19.3. The SMILES string of the molecule is COc1cc(C(=O)N(Cc2ccc(C)o2)C(C)C)ccc1OCC(N)=O.